The molecular formula is C11H18N4O2. The molecule has 1 aromatic rings. The molecule has 0 bridgehead atoms. The Morgan fingerprint density at radius 2 is 2.18 bits per heavy atom. The fourth-order valence-corrected chi connectivity index (χ4v) is 1.93. The molecule has 3 N–H and O–H groups in total. The molecule has 1 aliphatic heterocycles. The zero-order chi connectivity index (χ0) is 12.3. The predicted molar refractivity (Wildman–Crippen MR) is 63.6 cm³/mol. The van der Waals surface area contributed by atoms with E-state index in [9.17, 15) is 0 Å². The van der Waals surface area contributed by atoms with Crippen LogP contribution in [0.5, 0.6) is 0 Å². The quantitative estimate of drug-likeness (QED) is 0.740. The second-order valence-electron chi connectivity index (χ2n) is 4.25. The van der Waals surface area contributed by atoms with Crippen molar-refractivity contribution >= 4 is 5.95 Å². The van der Waals surface area contributed by atoms with Gasteiger partial charge in [-0.2, -0.15) is 0 Å². The first-order valence-electron chi connectivity index (χ1n) is 5.75. The van der Waals surface area contributed by atoms with Crippen molar-refractivity contribution in [2.75, 3.05) is 24.6 Å². The fraction of sp³-hybridized carbons (Fsp3) is 0.636. The van der Waals surface area contributed by atoms with Gasteiger partial charge in [-0.25, -0.2) is 9.97 Å². The maximum absolute atomic E-state index is 9.15. The number of hydrogen-bond donors (Lipinski definition) is 2. The Kier molecular flexibility index (Phi) is 3.88. The number of ether oxygens (including phenoxy) is 1. The van der Waals surface area contributed by atoms with Crippen LogP contribution in [-0.4, -0.2) is 47.0 Å². The summed E-state index contributed by atoms with van der Waals surface area (Å²) < 4.78 is 5.56. The summed E-state index contributed by atoms with van der Waals surface area (Å²) in [5.41, 5.74) is 6.41. The zero-order valence-corrected chi connectivity index (χ0v) is 9.91. The molecule has 1 aromatic heterocycles. The second kappa shape index (κ2) is 5.39. The molecule has 2 heterocycles. The first-order chi connectivity index (χ1) is 8.22. The van der Waals surface area contributed by atoms with Crippen molar-refractivity contribution in [3.05, 3.63) is 18.0 Å². The summed E-state index contributed by atoms with van der Waals surface area (Å²) in [4.78, 5) is 10.6. The van der Waals surface area contributed by atoms with Crippen molar-refractivity contribution in [2.24, 2.45) is 5.73 Å². The highest BCUT2D eigenvalue weighted by molar-refractivity contribution is 5.31. The second-order valence-corrected chi connectivity index (χ2v) is 4.25. The number of aliphatic hydroxyl groups excluding tert-OH is 1. The number of nitrogens with two attached hydrogens (primary N) is 1. The van der Waals surface area contributed by atoms with Crippen molar-refractivity contribution in [1.29, 1.82) is 0 Å². The molecule has 2 rings (SSSR count). The molecule has 2 unspecified atom stereocenters. The molecule has 0 aromatic carbocycles. The zero-order valence-electron chi connectivity index (χ0n) is 9.91. The van der Waals surface area contributed by atoms with Gasteiger partial charge in [-0.05, 0) is 6.92 Å². The third-order valence-electron chi connectivity index (χ3n) is 2.74. The molecule has 1 fully saturated rings. The lowest BCUT2D eigenvalue weighted by atomic mass is 10.2. The van der Waals surface area contributed by atoms with E-state index < -0.39 is 0 Å². The lowest BCUT2D eigenvalue weighted by molar-refractivity contribution is -0.0425. The van der Waals surface area contributed by atoms with Crippen LogP contribution in [-0.2, 0) is 11.3 Å². The molecule has 1 aliphatic rings. The van der Waals surface area contributed by atoms with Crippen LogP contribution in [0.15, 0.2) is 12.4 Å². The molecule has 0 spiro atoms. The number of aliphatic hydroxyl groups is 1. The lowest BCUT2D eigenvalue weighted by Crippen LogP contribution is -2.48. The SMILES string of the molecule is CC1CN(c2ncc(CN)cn2)CC(CO)O1. The monoisotopic (exact) mass is 238 g/mol. The molecule has 2 atom stereocenters. The van der Waals surface area contributed by atoms with Crippen molar-refractivity contribution in [3.63, 3.8) is 0 Å². The van der Waals surface area contributed by atoms with Crippen LogP contribution in [0.1, 0.15) is 12.5 Å². The third-order valence-corrected chi connectivity index (χ3v) is 2.74. The van der Waals surface area contributed by atoms with Gasteiger partial charge < -0.3 is 20.5 Å². The minimum absolute atomic E-state index is 0.0156. The minimum Gasteiger partial charge on any atom is -0.394 e. The van der Waals surface area contributed by atoms with Crippen LogP contribution >= 0.6 is 0 Å². The van der Waals surface area contributed by atoms with Gasteiger partial charge in [0.2, 0.25) is 5.95 Å². The van der Waals surface area contributed by atoms with Crippen molar-refractivity contribution < 1.29 is 9.84 Å². The molecule has 94 valence electrons. The molecule has 0 amide bonds. The minimum atomic E-state index is -0.170. The topological polar surface area (TPSA) is 84.5 Å². The Bertz CT molecular complexity index is 357. The highest BCUT2D eigenvalue weighted by Gasteiger charge is 2.26. The number of anilines is 1. The Labute approximate surface area is 100 Å². The van der Waals surface area contributed by atoms with Gasteiger partial charge in [-0.15, -0.1) is 0 Å². The van der Waals surface area contributed by atoms with Gasteiger partial charge in [-0.3, -0.25) is 0 Å². The van der Waals surface area contributed by atoms with Crippen LogP contribution in [0.2, 0.25) is 0 Å². The third kappa shape index (κ3) is 2.91. The van der Waals surface area contributed by atoms with Crippen LogP contribution in [0.3, 0.4) is 0 Å². The maximum atomic E-state index is 9.15. The summed E-state index contributed by atoms with van der Waals surface area (Å²) in [5.74, 6) is 0.663. The van der Waals surface area contributed by atoms with E-state index in [1.165, 1.54) is 0 Å². The van der Waals surface area contributed by atoms with Gasteiger partial charge in [0, 0.05) is 37.6 Å². The van der Waals surface area contributed by atoms with E-state index in [1.807, 2.05) is 11.8 Å². The molecule has 0 radical (unpaired) electrons. The van der Waals surface area contributed by atoms with E-state index >= 15 is 0 Å². The first-order valence-corrected chi connectivity index (χ1v) is 5.75. The number of nitrogens with zero attached hydrogens (tertiary/aromatic N) is 3. The van der Waals surface area contributed by atoms with Gasteiger partial charge in [0.15, 0.2) is 0 Å². The van der Waals surface area contributed by atoms with E-state index in [1.54, 1.807) is 12.4 Å². The first kappa shape index (κ1) is 12.2. The van der Waals surface area contributed by atoms with E-state index in [4.69, 9.17) is 15.6 Å². The summed E-state index contributed by atoms with van der Waals surface area (Å²) in [6, 6.07) is 0. The fourth-order valence-electron chi connectivity index (χ4n) is 1.93. The van der Waals surface area contributed by atoms with E-state index in [0.29, 0.717) is 19.0 Å². The van der Waals surface area contributed by atoms with Crippen molar-refractivity contribution in [3.8, 4) is 0 Å². The smallest absolute Gasteiger partial charge is 0.225 e. The van der Waals surface area contributed by atoms with Crippen LogP contribution in [0.25, 0.3) is 0 Å². The normalized spacial score (nSPS) is 25.0. The molecule has 1 saturated heterocycles. The van der Waals surface area contributed by atoms with Gasteiger partial charge in [0.25, 0.3) is 0 Å². The average molecular weight is 238 g/mol. The van der Waals surface area contributed by atoms with Crippen LogP contribution in [0, 0.1) is 0 Å². The highest BCUT2D eigenvalue weighted by atomic mass is 16.5. The summed E-state index contributed by atoms with van der Waals surface area (Å²) in [7, 11) is 0. The summed E-state index contributed by atoms with van der Waals surface area (Å²) >= 11 is 0. The van der Waals surface area contributed by atoms with E-state index in [-0.39, 0.29) is 18.8 Å². The molecule has 0 saturated carbocycles. The summed E-state index contributed by atoms with van der Waals surface area (Å²) in [6.45, 7) is 3.78. The molecular weight excluding hydrogens is 220 g/mol. The standard InChI is InChI=1S/C11H18N4O2/c1-8-5-15(6-10(7-16)17-8)11-13-3-9(2-12)4-14-11/h3-4,8,10,16H,2,5-7,12H2,1H3. The van der Waals surface area contributed by atoms with Crippen LogP contribution < -0.4 is 10.6 Å². The molecule has 17 heavy (non-hydrogen) atoms. The largest absolute Gasteiger partial charge is 0.394 e. The molecule has 0 aliphatic carbocycles. The summed E-state index contributed by atoms with van der Waals surface area (Å²) in [5, 5.41) is 9.15. The Hall–Kier alpha value is -1.24. The predicted octanol–water partition coefficient (Wildman–Crippen LogP) is -0.479. The Morgan fingerprint density at radius 1 is 1.47 bits per heavy atom. The highest BCUT2D eigenvalue weighted by Crippen LogP contribution is 2.16. The van der Waals surface area contributed by atoms with Crippen LogP contribution in [0.4, 0.5) is 5.95 Å². The van der Waals surface area contributed by atoms with Gasteiger partial charge >= 0.3 is 0 Å². The summed E-state index contributed by atoms with van der Waals surface area (Å²) in [6.07, 6.45) is 3.36. The van der Waals surface area contributed by atoms with Gasteiger partial charge in [0.05, 0.1) is 18.8 Å². The number of rotatable bonds is 3. The van der Waals surface area contributed by atoms with Crippen molar-refractivity contribution in [2.45, 2.75) is 25.7 Å². The van der Waals surface area contributed by atoms with Gasteiger partial charge in [0.1, 0.15) is 0 Å². The van der Waals surface area contributed by atoms with Crippen molar-refractivity contribution in [1.82, 2.24) is 9.97 Å². The number of hydrogen-bond acceptors (Lipinski definition) is 6. The molecule has 6 nitrogen and oxygen atoms in total. The van der Waals surface area contributed by atoms with Gasteiger partial charge in [-0.1, -0.05) is 0 Å². The number of morpholine rings is 1. The Balaban J connectivity index is 2.09. The lowest BCUT2D eigenvalue weighted by Gasteiger charge is -2.36. The van der Waals surface area contributed by atoms with E-state index in [0.717, 1.165) is 12.1 Å². The van der Waals surface area contributed by atoms with E-state index in [2.05, 4.69) is 9.97 Å². The molecule has 6 heteroatoms. The number of aromatic nitrogens is 2. The maximum Gasteiger partial charge on any atom is 0.225 e. The Morgan fingerprint density at radius 3 is 2.76 bits per heavy atom. The average Bonchev–Trinajstić information content (AvgIpc) is 2.38.